The second-order valence-corrected chi connectivity index (χ2v) is 5.57. The lowest BCUT2D eigenvalue weighted by Crippen LogP contribution is -2.10. The van der Waals surface area contributed by atoms with Crippen LogP contribution in [0.5, 0.6) is 0 Å². The highest BCUT2D eigenvalue weighted by atomic mass is 32.1. The molecule has 1 atom stereocenters. The molecule has 0 amide bonds. The summed E-state index contributed by atoms with van der Waals surface area (Å²) in [6, 6.07) is 0.394. The number of hydrogen-bond acceptors (Lipinski definition) is 2. The minimum atomic E-state index is 0.394. The lowest BCUT2D eigenvalue weighted by Gasteiger charge is -2.16. The van der Waals surface area contributed by atoms with Crippen molar-refractivity contribution in [2.45, 2.75) is 40.2 Å². The molecule has 2 heterocycles. The molecule has 17 heavy (non-hydrogen) atoms. The Morgan fingerprint density at radius 3 is 2.59 bits per heavy atom. The maximum atomic E-state index is 5.42. The van der Waals surface area contributed by atoms with Crippen LogP contribution >= 0.6 is 12.2 Å². The van der Waals surface area contributed by atoms with E-state index in [1.807, 2.05) is 18.7 Å². The van der Waals surface area contributed by atoms with Crippen molar-refractivity contribution in [2.24, 2.45) is 13.0 Å². The molecule has 0 aliphatic rings. The molecule has 2 rings (SSSR count). The third-order valence-corrected chi connectivity index (χ3v) is 3.42. The first-order chi connectivity index (χ1) is 7.91. The molecule has 0 bridgehead atoms. The Labute approximate surface area is 107 Å². The molecule has 0 saturated heterocycles. The number of nitrogens with zero attached hydrogens (tertiary/aromatic N) is 3. The summed E-state index contributed by atoms with van der Waals surface area (Å²) in [5, 5.41) is 4.43. The fourth-order valence-electron chi connectivity index (χ4n) is 2.53. The molecule has 0 aromatic carbocycles. The standard InChI is InChI=1S/C12H20N4S/c1-7(2)6-8(3)16-11-10(13-12(16)17)9(4)14-15(11)5/h7-8H,6H2,1-5H3,(H,13,17). The van der Waals surface area contributed by atoms with Crippen molar-refractivity contribution in [3.63, 3.8) is 0 Å². The van der Waals surface area contributed by atoms with Crippen molar-refractivity contribution in [2.75, 3.05) is 0 Å². The molecule has 0 fully saturated rings. The number of aromatic nitrogens is 4. The fraction of sp³-hybridized carbons (Fsp3) is 0.667. The van der Waals surface area contributed by atoms with Crippen LogP contribution in [0.15, 0.2) is 0 Å². The summed E-state index contributed by atoms with van der Waals surface area (Å²) in [7, 11) is 1.97. The van der Waals surface area contributed by atoms with Gasteiger partial charge in [0, 0.05) is 13.1 Å². The van der Waals surface area contributed by atoms with Gasteiger partial charge >= 0.3 is 0 Å². The number of hydrogen-bond donors (Lipinski definition) is 1. The van der Waals surface area contributed by atoms with E-state index in [2.05, 4.69) is 35.4 Å². The molecule has 1 N–H and O–H groups in total. The van der Waals surface area contributed by atoms with E-state index in [1.165, 1.54) is 0 Å². The van der Waals surface area contributed by atoms with Gasteiger partial charge in [-0.3, -0.25) is 9.25 Å². The van der Waals surface area contributed by atoms with Crippen LogP contribution in [-0.2, 0) is 7.05 Å². The van der Waals surface area contributed by atoms with Gasteiger partial charge in [-0.2, -0.15) is 5.10 Å². The van der Waals surface area contributed by atoms with Gasteiger partial charge in [0.05, 0.1) is 5.69 Å². The molecular weight excluding hydrogens is 232 g/mol. The van der Waals surface area contributed by atoms with E-state index in [0.717, 1.165) is 28.0 Å². The van der Waals surface area contributed by atoms with E-state index in [-0.39, 0.29) is 0 Å². The van der Waals surface area contributed by atoms with Crippen molar-refractivity contribution in [3.05, 3.63) is 10.5 Å². The summed E-state index contributed by atoms with van der Waals surface area (Å²) in [6.45, 7) is 8.69. The van der Waals surface area contributed by atoms with E-state index >= 15 is 0 Å². The van der Waals surface area contributed by atoms with Crippen molar-refractivity contribution >= 4 is 23.4 Å². The minimum Gasteiger partial charge on any atom is -0.328 e. The molecule has 0 aliphatic heterocycles. The molecule has 2 aromatic heterocycles. The minimum absolute atomic E-state index is 0.394. The lowest BCUT2D eigenvalue weighted by molar-refractivity contribution is 0.427. The van der Waals surface area contributed by atoms with Gasteiger partial charge in [-0.05, 0) is 38.4 Å². The van der Waals surface area contributed by atoms with Crippen LogP contribution in [0.4, 0.5) is 0 Å². The highest BCUT2D eigenvalue weighted by Gasteiger charge is 2.17. The molecule has 4 nitrogen and oxygen atoms in total. The maximum Gasteiger partial charge on any atom is 0.179 e. The van der Waals surface area contributed by atoms with E-state index in [0.29, 0.717) is 12.0 Å². The lowest BCUT2D eigenvalue weighted by atomic mass is 10.1. The van der Waals surface area contributed by atoms with Gasteiger partial charge in [-0.1, -0.05) is 13.8 Å². The van der Waals surface area contributed by atoms with Crippen molar-refractivity contribution in [3.8, 4) is 0 Å². The number of rotatable bonds is 3. The Kier molecular flexibility index (Phi) is 3.12. The van der Waals surface area contributed by atoms with Crippen LogP contribution in [0.25, 0.3) is 11.2 Å². The summed E-state index contributed by atoms with van der Waals surface area (Å²) < 4.78 is 4.89. The monoisotopic (exact) mass is 252 g/mol. The third-order valence-electron chi connectivity index (χ3n) is 3.12. The number of H-pyrrole nitrogens is 1. The highest BCUT2D eigenvalue weighted by Crippen LogP contribution is 2.24. The molecule has 0 radical (unpaired) electrons. The second-order valence-electron chi connectivity index (χ2n) is 5.19. The van der Waals surface area contributed by atoms with Crippen LogP contribution in [0.1, 0.15) is 38.9 Å². The van der Waals surface area contributed by atoms with Gasteiger partial charge in [-0.15, -0.1) is 0 Å². The number of fused-ring (bicyclic) bond motifs is 1. The zero-order valence-corrected chi connectivity index (χ0v) is 11.9. The largest absolute Gasteiger partial charge is 0.328 e. The maximum absolute atomic E-state index is 5.42. The van der Waals surface area contributed by atoms with Crippen LogP contribution in [0.2, 0.25) is 0 Å². The number of imidazole rings is 1. The molecule has 1 unspecified atom stereocenters. The summed E-state index contributed by atoms with van der Waals surface area (Å²) >= 11 is 5.42. The Morgan fingerprint density at radius 2 is 2.00 bits per heavy atom. The summed E-state index contributed by atoms with van der Waals surface area (Å²) in [4.78, 5) is 3.26. The Balaban J connectivity index is 2.60. The van der Waals surface area contributed by atoms with Crippen LogP contribution in [0.3, 0.4) is 0 Å². The Morgan fingerprint density at radius 1 is 1.35 bits per heavy atom. The van der Waals surface area contributed by atoms with Crippen LogP contribution < -0.4 is 0 Å². The first-order valence-corrected chi connectivity index (χ1v) is 6.46. The van der Waals surface area contributed by atoms with Gasteiger partial charge < -0.3 is 4.98 Å². The van der Waals surface area contributed by atoms with E-state index in [1.54, 1.807) is 0 Å². The SMILES string of the molecule is Cc1nn(C)c2c1[nH]c(=S)n2C(C)CC(C)C. The molecule has 2 aromatic rings. The van der Waals surface area contributed by atoms with Gasteiger partial charge in [-0.25, -0.2) is 0 Å². The fourth-order valence-corrected chi connectivity index (χ4v) is 2.90. The van der Waals surface area contributed by atoms with Crippen molar-refractivity contribution in [1.29, 1.82) is 0 Å². The van der Waals surface area contributed by atoms with E-state index in [4.69, 9.17) is 12.2 Å². The van der Waals surface area contributed by atoms with Crippen molar-refractivity contribution in [1.82, 2.24) is 19.3 Å². The van der Waals surface area contributed by atoms with Crippen LogP contribution in [-0.4, -0.2) is 19.3 Å². The van der Waals surface area contributed by atoms with Crippen molar-refractivity contribution < 1.29 is 0 Å². The number of aromatic amines is 1. The van der Waals surface area contributed by atoms with Gasteiger partial charge in [0.25, 0.3) is 0 Å². The topological polar surface area (TPSA) is 38.5 Å². The molecule has 94 valence electrons. The molecule has 0 spiro atoms. The smallest absolute Gasteiger partial charge is 0.179 e. The quantitative estimate of drug-likeness (QED) is 0.851. The second kappa shape index (κ2) is 4.29. The average molecular weight is 252 g/mol. The average Bonchev–Trinajstić information content (AvgIpc) is 2.65. The molecule has 0 saturated carbocycles. The number of aryl methyl sites for hydroxylation is 2. The first kappa shape index (κ1) is 12.4. The molecule has 5 heteroatoms. The zero-order valence-electron chi connectivity index (χ0n) is 11.1. The zero-order chi connectivity index (χ0) is 12.7. The third kappa shape index (κ3) is 2.04. The highest BCUT2D eigenvalue weighted by molar-refractivity contribution is 7.71. The molecular formula is C12H20N4S. The molecule has 0 aliphatic carbocycles. The Hall–Kier alpha value is -1.10. The Bertz CT molecular complexity index is 587. The van der Waals surface area contributed by atoms with E-state index in [9.17, 15) is 0 Å². The predicted octanol–water partition coefficient (Wildman–Crippen LogP) is 3.35. The summed E-state index contributed by atoms with van der Waals surface area (Å²) in [6.07, 6.45) is 1.12. The van der Waals surface area contributed by atoms with Gasteiger partial charge in [0.2, 0.25) is 0 Å². The van der Waals surface area contributed by atoms with E-state index < -0.39 is 0 Å². The normalized spacial score (nSPS) is 13.8. The summed E-state index contributed by atoms with van der Waals surface area (Å²) in [5.74, 6) is 0.658. The summed E-state index contributed by atoms with van der Waals surface area (Å²) in [5.41, 5.74) is 3.16. The van der Waals surface area contributed by atoms with Gasteiger partial charge in [0.15, 0.2) is 10.4 Å². The van der Waals surface area contributed by atoms with Gasteiger partial charge in [0.1, 0.15) is 5.52 Å². The first-order valence-electron chi connectivity index (χ1n) is 6.05. The predicted molar refractivity (Wildman–Crippen MR) is 72.8 cm³/mol. The van der Waals surface area contributed by atoms with Crippen LogP contribution in [0, 0.1) is 17.6 Å². The number of nitrogens with one attached hydrogen (secondary N) is 1.